The number of carbonyl (C=O) groups excluding carboxylic acids is 1. The molecule has 1 fully saturated rings. The summed E-state index contributed by atoms with van der Waals surface area (Å²) in [6, 6.07) is 0. The van der Waals surface area contributed by atoms with Crippen LogP contribution in [-0.2, 0) is 4.79 Å². The Morgan fingerprint density at radius 3 is 2.69 bits per heavy atom. The van der Waals surface area contributed by atoms with Gasteiger partial charge in [-0.2, -0.15) is 11.8 Å². The molecule has 0 atom stereocenters. The quantitative estimate of drug-likeness (QED) is 0.325. The van der Waals surface area contributed by atoms with Gasteiger partial charge >= 0.3 is 0 Å². The molecule has 0 unspecified atom stereocenters. The minimum atomic E-state index is -0.0295. The van der Waals surface area contributed by atoms with Crippen LogP contribution in [0.3, 0.4) is 0 Å². The van der Waals surface area contributed by atoms with Crippen molar-refractivity contribution in [3.8, 4) is 0 Å². The van der Waals surface area contributed by atoms with Gasteiger partial charge in [-0.25, -0.2) is 0 Å². The van der Waals surface area contributed by atoms with Crippen LogP contribution in [-0.4, -0.2) is 54.5 Å². The molecule has 0 saturated carbocycles. The highest BCUT2D eigenvalue weighted by Crippen LogP contribution is 2.08. The van der Waals surface area contributed by atoms with Gasteiger partial charge in [0.1, 0.15) is 0 Å². The van der Waals surface area contributed by atoms with Crippen molar-refractivity contribution >= 4 is 47.6 Å². The van der Waals surface area contributed by atoms with Crippen molar-refractivity contribution in [3.05, 3.63) is 0 Å². The summed E-state index contributed by atoms with van der Waals surface area (Å²) in [6.45, 7) is 4.54. The van der Waals surface area contributed by atoms with Gasteiger partial charge in [-0.1, -0.05) is 0 Å². The van der Waals surface area contributed by atoms with Gasteiger partial charge in [-0.3, -0.25) is 9.79 Å². The molecule has 0 spiro atoms. The van der Waals surface area contributed by atoms with Gasteiger partial charge in [-0.05, 0) is 0 Å². The summed E-state index contributed by atoms with van der Waals surface area (Å²) in [5, 5.41) is 2.68. The zero-order valence-electron chi connectivity index (χ0n) is 9.44. The molecule has 0 bridgehead atoms. The van der Waals surface area contributed by atoms with Crippen LogP contribution < -0.4 is 11.1 Å². The average molecular weight is 358 g/mol. The second-order valence-electron chi connectivity index (χ2n) is 3.32. The number of nitrogens with one attached hydrogen (secondary N) is 1. The lowest BCUT2D eigenvalue weighted by Gasteiger charge is -2.27. The minimum absolute atomic E-state index is 0. The summed E-state index contributed by atoms with van der Waals surface area (Å²) in [4.78, 5) is 16.9. The lowest BCUT2D eigenvalue weighted by Crippen LogP contribution is -2.43. The molecule has 7 heteroatoms. The van der Waals surface area contributed by atoms with Gasteiger partial charge in [-0.15, -0.1) is 24.0 Å². The van der Waals surface area contributed by atoms with Crippen LogP contribution in [0.4, 0.5) is 0 Å². The van der Waals surface area contributed by atoms with Crippen LogP contribution in [0.5, 0.6) is 0 Å². The maximum atomic E-state index is 10.6. The highest BCUT2D eigenvalue weighted by Gasteiger charge is 2.11. The number of halogens is 1. The molecule has 5 nitrogen and oxygen atoms in total. The van der Waals surface area contributed by atoms with Crippen molar-refractivity contribution in [3.63, 3.8) is 0 Å². The van der Waals surface area contributed by atoms with Crippen LogP contribution in [0.1, 0.15) is 6.92 Å². The Labute approximate surface area is 118 Å². The van der Waals surface area contributed by atoms with E-state index in [9.17, 15) is 4.79 Å². The fourth-order valence-electron chi connectivity index (χ4n) is 1.29. The van der Waals surface area contributed by atoms with E-state index in [1.807, 2.05) is 11.8 Å². The first-order chi connectivity index (χ1) is 7.20. The summed E-state index contributed by atoms with van der Waals surface area (Å²) in [5.74, 6) is 2.79. The lowest BCUT2D eigenvalue weighted by molar-refractivity contribution is -0.118. The SMILES string of the molecule is CC(=O)NCCN=C(N)N1CCSCC1.I. The molecular formula is C9H19IN4OS. The summed E-state index contributed by atoms with van der Waals surface area (Å²) in [5.41, 5.74) is 5.82. The van der Waals surface area contributed by atoms with Crippen molar-refractivity contribution in [1.82, 2.24) is 10.2 Å². The predicted molar refractivity (Wildman–Crippen MR) is 79.5 cm³/mol. The smallest absolute Gasteiger partial charge is 0.216 e. The number of aliphatic imine (C=N–C) groups is 1. The highest BCUT2D eigenvalue weighted by molar-refractivity contribution is 14.0. The van der Waals surface area contributed by atoms with Crippen LogP contribution in [0.25, 0.3) is 0 Å². The Bertz CT molecular complexity index is 244. The minimum Gasteiger partial charge on any atom is -0.370 e. The molecule has 1 aliphatic heterocycles. The second kappa shape index (κ2) is 8.91. The summed E-state index contributed by atoms with van der Waals surface area (Å²) in [7, 11) is 0. The molecule has 0 aliphatic carbocycles. The lowest BCUT2D eigenvalue weighted by atomic mass is 10.5. The molecule has 16 heavy (non-hydrogen) atoms. The van der Waals surface area contributed by atoms with E-state index in [-0.39, 0.29) is 29.9 Å². The molecule has 1 saturated heterocycles. The van der Waals surface area contributed by atoms with Crippen LogP contribution in [0.15, 0.2) is 4.99 Å². The fourth-order valence-corrected chi connectivity index (χ4v) is 2.20. The normalized spacial score (nSPS) is 16.6. The predicted octanol–water partition coefficient (Wildman–Crippen LogP) is 0.104. The van der Waals surface area contributed by atoms with E-state index in [0.29, 0.717) is 19.0 Å². The van der Waals surface area contributed by atoms with Gasteiger partial charge < -0.3 is 16.0 Å². The number of carbonyl (C=O) groups is 1. The second-order valence-corrected chi connectivity index (χ2v) is 4.55. The van der Waals surface area contributed by atoms with E-state index in [2.05, 4.69) is 15.2 Å². The van der Waals surface area contributed by atoms with E-state index in [0.717, 1.165) is 24.6 Å². The first-order valence-electron chi connectivity index (χ1n) is 5.07. The molecule has 0 aromatic rings. The number of nitrogens with two attached hydrogens (primary N) is 1. The van der Waals surface area contributed by atoms with Crippen LogP contribution >= 0.6 is 35.7 Å². The molecular weight excluding hydrogens is 339 g/mol. The first kappa shape index (κ1) is 15.8. The summed E-state index contributed by atoms with van der Waals surface area (Å²) >= 11 is 1.94. The third-order valence-corrected chi connectivity index (χ3v) is 3.04. The van der Waals surface area contributed by atoms with Crippen molar-refractivity contribution in [2.75, 3.05) is 37.7 Å². The van der Waals surface area contributed by atoms with E-state index < -0.39 is 0 Å². The monoisotopic (exact) mass is 358 g/mol. The van der Waals surface area contributed by atoms with Crippen LogP contribution in [0.2, 0.25) is 0 Å². The van der Waals surface area contributed by atoms with Crippen molar-refractivity contribution in [2.45, 2.75) is 6.92 Å². The number of amides is 1. The van der Waals surface area contributed by atoms with Gasteiger partial charge in [0.25, 0.3) is 0 Å². The first-order valence-corrected chi connectivity index (χ1v) is 6.22. The molecule has 0 radical (unpaired) electrons. The number of hydrogen-bond donors (Lipinski definition) is 2. The van der Waals surface area contributed by atoms with Crippen molar-refractivity contribution < 1.29 is 4.79 Å². The third-order valence-electron chi connectivity index (χ3n) is 2.09. The molecule has 1 aliphatic rings. The molecule has 3 N–H and O–H groups in total. The average Bonchev–Trinajstić information content (AvgIpc) is 2.25. The Hall–Kier alpha value is -0.180. The molecule has 0 aromatic carbocycles. The van der Waals surface area contributed by atoms with Crippen LogP contribution in [0, 0.1) is 0 Å². The fraction of sp³-hybridized carbons (Fsp3) is 0.778. The largest absolute Gasteiger partial charge is 0.370 e. The Morgan fingerprint density at radius 2 is 2.12 bits per heavy atom. The number of thioether (sulfide) groups is 1. The van der Waals surface area contributed by atoms with Gasteiger partial charge in [0.05, 0.1) is 6.54 Å². The molecule has 94 valence electrons. The molecule has 1 heterocycles. The maximum Gasteiger partial charge on any atom is 0.216 e. The number of hydrogen-bond acceptors (Lipinski definition) is 3. The molecule has 1 amide bonds. The maximum absolute atomic E-state index is 10.6. The highest BCUT2D eigenvalue weighted by atomic mass is 127. The van der Waals surface area contributed by atoms with Gasteiger partial charge in [0, 0.05) is 38.1 Å². The van der Waals surface area contributed by atoms with Crippen molar-refractivity contribution in [2.24, 2.45) is 10.7 Å². The van der Waals surface area contributed by atoms with Gasteiger partial charge in [0.2, 0.25) is 5.91 Å². The van der Waals surface area contributed by atoms with E-state index >= 15 is 0 Å². The van der Waals surface area contributed by atoms with E-state index in [1.54, 1.807) is 0 Å². The Kier molecular flexibility index (Phi) is 8.81. The Morgan fingerprint density at radius 1 is 1.50 bits per heavy atom. The van der Waals surface area contributed by atoms with E-state index in [4.69, 9.17) is 5.73 Å². The van der Waals surface area contributed by atoms with E-state index in [1.165, 1.54) is 6.92 Å². The third kappa shape index (κ3) is 6.41. The molecule has 1 rings (SSSR count). The molecule has 0 aromatic heterocycles. The standard InChI is InChI=1S/C9H18N4OS.HI/c1-8(14)11-2-3-12-9(10)13-4-6-15-7-5-13;/h2-7H2,1H3,(H2,10,12)(H,11,14);1H. The zero-order chi connectivity index (χ0) is 11.1. The van der Waals surface area contributed by atoms with Gasteiger partial charge in [0.15, 0.2) is 5.96 Å². The number of nitrogens with zero attached hydrogens (tertiary/aromatic N) is 2. The zero-order valence-corrected chi connectivity index (χ0v) is 12.6. The van der Waals surface area contributed by atoms with Crippen molar-refractivity contribution in [1.29, 1.82) is 0 Å². The Balaban J connectivity index is 0.00000225. The topological polar surface area (TPSA) is 70.7 Å². The number of rotatable bonds is 3. The number of guanidine groups is 1. The summed E-state index contributed by atoms with van der Waals surface area (Å²) in [6.07, 6.45) is 0. The summed E-state index contributed by atoms with van der Waals surface area (Å²) < 4.78 is 0.